The Bertz CT molecular complexity index is 838. The second kappa shape index (κ2) is 6.53. The standard InChI is InChI=1S/C20H18O3/c21-19(22)11-10-15-13-16(12-14-6-2-1-3-7-14)17-8-4-5-9-18(17)20(15)23/h1-9,13,23H,10-12H2,(H,21,22). The SMILES string of the molecule is O=C(O)CCc1cc(Cc2ccccc2)c2ccccc2c1O. The summed E-state index contributed by atoms with van der Waals surface area (Å²) < 4.78 is 0. The molecule has 3 nitrogen and oxygen atoms in total. The van der Waals surface area contributed by atoms with Crippen LogP contribution in [-0.2, 0) is 17.6 Å². The highest BCUT2D eigenvalue weighted by molar-refractivity contribution is 5.92. The van der Waals surface area contributed by atoms with E-state index < -0.39 is 5.97 Å². The van der Waals surface area contributed by atoms with E-state index in [9.17, 15) is 9.90 Å². The zero-order valence-corrected chi connectivity index (χ0v) is 12.7. The van der Waals surface area contributed by atoms with E-state index in [0.29, 0.717) is 12.0 Å². The number of aromatic hydroxyl groups is 1. The highest BCUT2D eigenvalue weighted by Crippen LogP contribution is 2.33. The molecule has 0 unspecified atom stereocenters. The van der Waals surface area contributed by atoms with Gasteiger partial charge < -0.3 is 10.2 Å². The fourth-order valence-corrected chi connectivity index (χ4v) is 2.89. The minimum Gasteiger partial charge on any atom is -0.507 e. The van der Waals surface area contributed by atoms with Crippen LogP contribution in [0, 0.1) is 0 Å². The largest absolute Gasteiger partial charge is 0.507 e. The molecule has 0 heterocycles. The van der Waals surface area contributed by atoms with Gasteiger partial charge in [0.15, 0.2) is 0 Å². The zero-order chi connectivity index (χ0) is 16.2. The van der Waals surface area contributed by atoms with Gasteiger partial charge in [0.05, 0.1) is 0 Å². The van der Waals surface area contributed by atoms with Crippen LogP contribution in [0.5, 0.6) is 5.75 Å². The molecule has 3 rings (SSSR count). The number of carboxylic acids is 1. The predicted octanol–water partition coefficient (Wildman–Crippen LogP) is 4.15. The van der Waals surface area contributed by atoms with Gasteiger partial charge in [0.2, 0.25) is 0 Å². The summed E-state index contributed by atoms with van der Waals surface area (Å²) in [5.74, 6) is -0.666. The first-order chi connectivity index (χ1) is 11.1. The number of hydrogen-bond acceptors (Lipinski definition) is 2. The molecule has 3 heteroatoms. The lowest BCUT2D eigenvalue weighted by Gasteiger charge is -2.13. The van der Waals surface area contributed by atoms with Gasteiger partial charge in [-0.3, -0.25) is 4.79 Å². The highest BCUT2D eigenvalue weighted by atomic mass is 16.4. The minimum atomic E-state index is -0.859. The van der Waals surface area contributed by atoms with Gasteiger partial charge in [0, 0.05) is 11.8 Å². The molecule has 0 radical (unpaired) electrons. The molecule has 0 aliphatic rings. The lowest BCUT2D eigenvalue weighted by Crippen LogP contribution is -2.00. The van der Waals surface area contributed by atoms with Crippen LogP contribution in [0.2, 0.25) is 0 Å². The molecule has 2 N–H and O–H groups in total. The molecule has 0 saturated carbocycles. The van der Waals surface area contributed by atoms with Gasteiger partial charge in [-0.05, 0) is 34.9 Å². The van der Waals surface area contributed by atoms with Gasteiger partial charge in [-0.15, -0.1) is 0 Å². The number of aryl methyl sites for hydroxylation is 1. The number of carboxylic acid groups (broad SMARTS) is 1. The number of aliphatic carboxylic acids is 1. The summed E-state index contributed by atoms with van der Waals surface area (Å²) in [6.07, 6.45) is 1.09. The van der Waals surface area contributed by atoms with Crippen molar-refractivity contribution >= 4 is 16.7 Å². The van der Waals surface area contributed by atoms with Crippen molar-refractivity contribution in [2.75, 3.05) is 0 Å². The molecule has 0 amide bonds. The predicted molar refractivity (Wildman–Crippen MR) is 90.8 cm³/mol. The Balaban J connectivity index is 2.07. The molecule has 0 saturated heterocycles. The molecule has 3 aromatic carbocycles. The second-order valence-electron chi connectivity index (χ2n) is 5.65. The number of phenols is 1. The quantitative estimate of drug-likeness (QED) is 0.744. The van der Waals surface area contributed by atoms with E-state index in [1.165, 1.54) is 5.56 Å². The molecule has 0 aliphatic heterocycles. The maximum absolute atomic E-state index is 10.8. The number of hydrogen-bond donors (Lipinski definition) is 2. The summed E-state index contributed by atoms with van der Waals surface area (Å²) in [4.78, 5) is 10.8. The van der Waals surface area contributed by atoms with Crippen LogP contribution in [0.1, 0.15) is 23.1 Å². The van der Waals surface area contributed by atoms with E-state index in [1.54, 1.807) is 0 Å². The van der Waals surface area contributed by atoms with Crippen LogP contribution in [0.15, 0.2) is 60.7 Å². The van der Waals surface area contributed by atoms with Crippen LogP contribution in [0.25, 0.3) is 10.8 Å². The van der Waals surface area contributed by atoms with Crippen LogP contribution in [0.4, 0.5) is 0 Å². The molecule has 0 spiro atoms. The van der Waals surface area contributed by atoms with E-state index in [4.69, 9.17) is 5.11 Å². The molecule has 0 aliphatic carbocycles. The van der Waals surface area contributed by atoms with Gasteiger partial charge in [-0.25, -0.2) is 0 Å². The highest BCUT2D eigenvalue weighted by Gasteiger charge is 2.12. The lowest BCUT2D eigenvalue weighted by molar-refractivity contribution is -0.136. The summed E-state index contributed by atoms with van der Waals surface area (Å²) >= 11 is 0. The van der Waals surface area contributed by atoms with Gasteiger partial charge in [-0.1, -0.05) is 60.7 Å². The average Bonchev–Trinajstić information content (AvgIpc) is 2.57. The number of carbonyl (C=O) groups is 1. The van der Waals surface area contributed by atoms with Crippen molar-refractivity contribution in [2.45, 2.75) is 19.3 Å². The fraction of sp³-hybridized carbons (Fsp3) is 0.150. The Morgan fingerprint density at radius 3 is 2.22 bits per heavy atom. The lowest BCUT2D eigenvalue weighted by atomic mass is 9.93. The minimum absolute atomic E-state index is 0.0106. The number of benzene rings is 3. The molecule has 0 atom stereocenters. The third-order valence-corrected chi connectivity index (χ3v) is 4.03. The molecular weight excluding hydrogens is 288 g/mol. The van der Waals surface area contributed by atoms with E-state index >= 15 is 0 Å². The van der Waals surface area contributed by atoms with Crippen molar-refractivity contribution in [1.82, 2.24) is 0 Å². The maximum atomic E-state index is 10.8. The van der Waals surface area contributed by atoms with Crippen molar-refractivity contribution in [3.05, 3.63) is 77.4 Å². The molecular formula is C20H18O3. The molecule has 0 bridgehead atoms. The maximum Gasteiger partial charge on any atom is 0.303 e. The van der Waals surface area contributed by atoms with Gasteiger partial charge in [-0.2, -0.15) is 0 Å². The first-order valence-electron chi connectivity index (χ1n) is 7.63. The van der Waals surface area contributed by atoms with Crippen LogP contribution in [0.3, 0.4) is 0 Å². The average molecular weight is 306 g/mol. The molecule has 3 aromatic rings. The molecule has 0 fully saturated rings. The Labute approximate surface area is 134 Å². The first kappa shape index (κ1) is 15.1. The smallest absolute Gasteiger partial charge is 0.303 e. The van der Waals surface area contributed by atoms with Crippen molar-refractivity contribution in [1.29, 1.82) is 0 Å². The first-order valence-corrected chi connectivity index (χ1v) is 7.63. The normalized spacial score (nSPS) is 10.8. The van der Waals surface area contributed by atoms with E-state index in [1.807, 2.05) is 48.5 Å². The van der Waals surface area contributed by atoms with E-state index in [2.05, 4.69) is 12.1 Å². The molecule has 116 valence electrons. The van der Waals surface area contributed by atoms with Crippen LogP contribution >= 0.6 is 0 Å². The monoisotopic (exact) mass is 306 g/mol. The molecule has 0 aromatic heterocycles. The van der Waals surface area contributed by atoms with Crippen molar-refractivity contribution in [3.63, 3.8) is 0 Å². The van der Waals surface area contributed by atoms with Gasteiger partial charge >= 0.3 is 5.97 Å². The van der Waals surface area contributed by atoms with Gasteiger partial charge in [0.1, 0.15) is 5.75 Å². The summed E-state index contributed by atoms with van der Waals surface area (Å²) in [5.41, 5.74) is 2.98. The van der Waals surface area contributed by atoms with Gasteiger partial charge in [0.25, 0.3) is 0 Å². The van der Waals surface area contributed by atoms with Crippen LogP contribution < -0.4 is 0 Å². The molecule has 23 heavy (non-hydrogen) atoms. The van der Waals surface area contributed by atoms with Crippen molar-refractivity contribution in [3.8, 4) is 5.75 Å². The summed E-state index contributed by atoms with van der Waals surface area (Å²) in [6, 6.07) is 19.8. The van der Waals surface area contributed by atoms with Crippen LogP contribution in [-0.4, -0.2) is 16.2 Å². The van der Waals surface area contributed by atoms with Crippen molar-refractivity contribution in [2.24, 2.45) is 0 Å². The summed E-state index contributed by atoms with van der Waals surface area (Å²) in [5, 5.41) is 21.1. The topological polar surface area (TPSA) is 57.5 Å². The number of fused-ring (bicyclic) bond motifs is 1. The fourth-order valence-electron chi connectivity index (χ4n) is 2.89. The number of rotatable bonds is 5. The Kier molecular flexibility index (Phi) is 4.29. The summed E-state index contributed by atoms with van der Waals surface area (Å²) in [7, 11) is 0. The van der Waals surface area contributed by atoms with E-state index in [-0.39, 0.29) is 12.2 Å². The zero-order valence-electron chi connectivity index (χ0n) is 12.7. The summed E-state index contributed by atoms with van der Waals surface area (Å²) in [6.45, 7) is 0. The Morgan fingerprint density at radius 1 is 0.870 bits per heavy atom. The third kappa shape index (κ3) is 3.34. The number of phenolic OH excluding ortho intramolecular Hbond substituents is 1. The van der Waals surface area contributed by atoms with E-state index in [0.717, 1.165) is 22.8 Å². The second-order valence-corrected chi connectivity index (χ2v) is 5.65. The van der Waals surface area contributed by atoms with Crippen molar-refractivity contribution < 1.29 is 15.0 Å². The third-order valence-electron chi connectivity index (χ3n) is 4.03. The Hall–Kier alpha value is -2.81. The Morgan fingerprint density at radius 2 is 1.52 bits per heavy atom.